The summed E-state index contributed by atoms with van der Waals surface area (Å²) in [6.07, 6.45) is 2.50. The van der Waals surface area contributed by atoms with Gasteiger partial charge in [-0.3, -0.25) is 4.99 Å². The van der Waals surface area contributed by atoms with E-state index in [1.807, 2.05) is 11.6 Å². The number of rotatable bonds is 5. The van der Waals surface area contributed by atoms with Crippen molar-refractivity contribution in [2.24, 2.45) is 15.9 Å². The third-order valence-electron chi connectivity index (χ3n) is 4.22. The molecule has 0 spiro atoms. The van der Waals surface area contributed by atoms with Crippen molar-refractivity contribution >= 4 is 32.5 Å². The normalized spacial score (nSPS) is 16.1. The second-order valence-electron chi connectivity index (χ2n) is 5.97. The van der Waals surface area contributed by atoms with Gasteiger partial charge in [0, 0.05) is 44.3 Å². The van der Waals surface area contributed by atoms with E-state index in [9.17, 15) is 8.42 Å². The molecule has 0 atom stereocenters. The molecule has 1 aromatic heterocycles. The summed E-state index contributed by atoms with van der Waals surface area (Å²) in [5.74, 6) is 0.546. The number of nitrogens with two attached hydrogens (primary N) is 2. The fourth-order valence-corrected chi connectivity index (χ4v) is 3.96. The zero-order valence-electron chi connectivity index (χ0n) is 14.3. The topological polar surface area (TPSA) is 118 Å². The number of benzene rings is 1. The van der Waals surface area contributed by atoms with Crippen LogP contribution in [0.3, 0.4) is 0 Å². The Balaban J connectivity index is 1.48. The van der Waals surface area contributed by atoms with Gasteiger partial charge >= 0.3 is 0 Å². The standard InChI is InChI=1S/C16H22N6O2S2/c17-15(21-8-10-22(11-9-21)16-20-7-12-25-16)19-6-5-13-1-3-14(4-2-13)26(18,23)24/h1-4,7,12H,5-6,8-11H2,(H2,17,19)(H2,18,23,24). The van der Waals surface area contributed by atoms with Gasteiger partial charge in [0.2, 0.25) is 10.0 Å². The van der Waals surface area contributed by atoms with Crippen LogP contribution in [0.1, 0.15) is 5.56 Å². The summed E-state index contributed by atoms with van der Waals surface area (Å²) in [6, 6.07) is 6.52. The third kappa shape index (κ3) is 4.71. The second-order valence-corrected chi connectivity index (χ2v) is 8.40. The first-order valence-corrected chi connectivity index (χ1v) is 10.7. The van der Waals surface area contributed by atoms with Crippen LogP contribution < -0.4 is 15.8 Å². The molecule has 1 aliphatic rings. The van der Waals surface area contributed by atoms with Crippen LogP contribution in [0.25, 0.3) is 0 Å². The van der Waals surface area contributed by atoms with Crippen molar-refractivity contribution < 1.29 is 8.42 Å². The second kappa shape index (κ2) is 8.02. The van der Waals surface area contributed by atoms with E-state index in [4.69, 9.17) is 10.9 Å². The smallest absolute Gasteiger partial charge is 0.238 e. The number of piperazine rings is 1. The van der Waals surface area contributed by atoms with E-state index in [2.05, 4.69) is 19.8 Å². The van der Waals surface area contributed by atoms with Gasteiger partial charge in [-0.05, 0) is 24.1 Å². The molecule has 1 aromatic carbocycles. The Labute approximate surface area is 157 Å². The monoisotopic (exact) mass is 394 g/mol. The molecular weight excluding hydrogens is 372 g/mol. The van der Waals surface area contributed by atoms with Crippen LogP contribution in [-0.4, -0.2) is 57.0 Å². The van der Waals surface area contributed by atoms with E-state index in [-0.39, 0.29) is 4.90 Å². The highest BCUT2D eigenvalue weighted by Gasteiger charge is 2.19. The summed E-state index contributed by atoms with van der Waals surface area (Å²) in [5, 5.41) is 8.12. The molecule has 26 heavy (non-hydrogen) atoms. The van der Waals surface area contributed by atoms with E-state index < -0.39 is 10.0 Å². The Morgan fingerprint density at radius 1 is 1.19 bits per heavy atom. The number of anilines is 1. The minimum Gasteiger partial charge on any atom is -0.370 e. The van der Waals surface area contributed by atoms with E-state index in [1.165, 1.54) is 12.1 Å². The van der Waals surface area contributed by atoms with Gasteiger partial charge in [0.1, 0.15) is 0 Å². The highest BCUT2D eigenvalue weighted by atomic mass is 32.2. The summed E-state index contributed by atoms with van der Waals surface area (Å²) < 4.78 is 22.5. The van der Waals surface area contributed by atoms with Crippen LogP contribution in [0, 0.1) is 0 Å². The van der Waals surface area contributed by atoms with Gasteiger partial charge < -0.3 is 15.5 Å². The average Bonchev–Trinajstić information content (AvgIpc) is 3.16. The molecule has 4 N–H and O–H groups in total. The van der Waals surface area contributed by atoms with E-state index in [0.29, 0.717) is 18.9 Å². The fraction of sp³-hybridized carbons (Fsp3) is 0.375. The number of hydrogen-bond donors (Lipinski definition) is 2. The molecular formula is C16H22N6O2S2. The molecule has 0 bridgehead atoms. The number of hydrogen-bond acceptors (Lipinski definition) is 6. The summed E-state index contributed by atoms with van der Waals surface area (Å²) in [5.41, 5.74) is 7.09. The van der Waals surface area contributed by atoms with Crippen molar-refractivity contribution in [3.8, 4) is 0 Å². The average molecular weight is 395 g/mol. The van der Waals surface area contributed by atoms with Crippen molar-refractivity contribution in [1.82, 2.24) is 9.88 Å². The van der Waals surface area contributed by atoms with Crippen molar-refractivity contribution in [3.63, 3.8) is 0 Å². The zero-order chi connectivity index (χ0) is 18.6. The van der Waals surface area contributed by atoms with Crippen LogP contribution in [0.15, 0.2) is 45.7 Å². The minimum atomic E-state index is -3.65. The molecule has 1 saturated heterocycles. The van der Waals surface area contributed by atoms with Gasteiger partial charge in [-0.1, -0.05) is 12.1 Å². The summed E-state index contributed by atoms with van der Waals surface area (Å²) in [7, 11) is -3.65. The van der Waals surface area contributed by atoms with Crippen molar-refractivity contribution in [1.29, 1.82) is 0 Å². The molecule has 2 aromatic rings. The number of guanidine groups is 1. The molecule has 140 valence electrons. The van der Waals surface area contributed by atoms with Crippen molar-refractivity contribution in [2.45, 2.75) is 11.3 Å². The molecule has 3 rings (SSSR count). The Kier molecular flexibility index (Phi) is 5.74. The largest absolute Gasteiger partial charge is 0.370 e. The van der Waals surface area contributed by atoms with E-state index in [0.717, 1.165) is 36.9 Å². The minimum absolute atomic E-state index is 0.113. The molecule has 0 radical (unpaired) electrons. The lowest BCUT2D eigenvalue weighted by atomic mass is 10.1. The SMILES string of the molecule is NC(=NCCc1ccc(S(N)(=O)=O)cc1)N1CCN(c2nccs2)CC1. The maximum Gasteiger partial charge on any atom is 0.238 e. The van der Waals surface area contributed by atoms with Gasteiger partial charge in [-0.25, -0.2) is 18.5 Å². The molecule has 2 heterocycles. The molecule has 10 heteroatoms. The fourth-order valence-electron chi connectivity index (χ4n) is 2.74. The van der Waals surface area contributed by atoms with Crippen LogP contribution in [0.5, 0.6) is 0 Å². The predicted octanol–water partition coefficient (Wildman–Crippen LogP) is 0.470. The number of primary sulfonamides is 1. The molecule has 1 aliphatic heterocycles. The molecule has 0 unspecified atom stereocenters. The Morgan fingerprint density at radius 3 is 2.46 bits per heavy atom. The first kappa shape index (κ1) is 18.6. The van der Waals surface area contributed by atoms with Crippen molar-refractivity contribution in [3.05, 3.63) is 41.4 Å². The van der Waals surface area contributed by atoms with E-state index in [1.54, 1.807) is 23.5 Å². The Hall–Kier alpha value is -2.17. The predicted molar refractivity (Wildman–Crippen MR) is 104 cm³/mol. The number of nitrogens with zero attached hydrogens (tertiary/aromatic N) is 4. The maximum atomic E-state index is 11.2. The number of thiazole rings is 1. The quantitative estimate of drug-likeness (QED) is 0.562. The molecule has 0 amide bonds. The molecule has 8 nitrogen and oxygen atoms in total. The lowest BCUT2D eigenvalue weighted by Crippen LogP contribution is -2.51. The lowest BCUT2D eigenvalue weighted by Gasteiger charge is -2.35. The van der Waals surface area contributed by atoms with Crippen LogP contribution >= 0.6 is 11.3 Å². The summed E-state index contributed by atoms with van der Waals surface area (Å²) in [4.78, 5) is 13.2. The summed E-state index contributed by atoms with van der Waals surface area (Å²) in [6.45, 7) is 3.93. The first-order chi connectivity index (χ1) is 12.4. The van der Waals surface area contributed by atoms with Gasteiger partial charge in [-0.15, -0.1) is 11.3 Å². The molecule has 0 aliphatic carbocycles. The first-order valence-electron chi connectivity index (χ1n) is 8.24. The number of aliphatic imine (C=N–C) groups is 1. The van der Waals surface area contributed by atoms with Gasteiger partial charge in [-0.2, -0.15) is 0 Å². The van der Waals surface area contributed by atoms with Gasteiger partial charge in [0.15, 0.2) is 11.1 Å². The van der Waals surface area contributed by atoms with E-state index >= 15 is 0 Å². The number of aromatic nitrogens is 1. The van der Waals surface area contributed by atoms with Crippen molar-refractivity contribution in [2.75, 3.05) is 37.6 Å². The van der Waals surface area contributed by atoms with Crippen LogP contribution in [-0.2, 0) is 16.4 Å². The highest BCUT2D eigenvalue weighted by molar-refractivity contribution is 7.89. The lowest BCUT2D eigenvalue weighted by molar-refractivity contribution is 0.380. The third-order valence-corrected chi connectivity index (χ3v) is 5.98. The van der Waals surface area contributed by atoms with Crippen LogP contribution in [0.4, 0.5) is 5.13 Å². The number of sulfonamides is 1. The molecule has 1 fully saturated rings. The molecule has 0 saturated carbocycles. The van der Waals surface area contributed by atoms with Crippen LogP contribution in [0.2, 0.25) is 0 Å². The Morgan fingerprint density at radius 2 is 1.88 bits per heavy atom. The van der Waals surface area contributed by atoms with Gasteiger partial charge in [0.25, 0.3) is 0 Å². The summed E-state index contributed by atoms with van der Waals surface area (Å²) >= 11 is 1.64. The van der Waals surface area contributed by atoms with Gasteiger partial charge in [0.05, 0.1) is 4.90 Å². The maximum absolute atomic E-state index is 11.2. The Bertz CT molecular complexity index is 841. The zero-order valence-corrected chi connectivity index (χ0v) is 15.9. The highest BCUT2D eigenvalue weighted by Crippen LogP contribution is 2.18.